The molecule has 8 nitrogen and oxygen atoms in total. The maximum atomic E-state index is 12.5. The first-order valence-electron chi connectivity index (χ1n) is 7.40. The third-order valence-electron chi connectivity index (χ3n) is 4.05. The van der Waals surface area contributed by atoms with Crippen molar-refractivity contribution in [1.82, 2.24) is 24.2 Å². The monoisotopic (exact) mass is 317 g/mol. The Morgan fingerprint density at radius 2 is 2.22 bits per heavy atom. The molecule has 2 aromatic heterocycles. The second kappa shape index (κ2) is 5.62. The van der Waals surface area contributed by atoms with Crippen molar-refractivity contribution in [2.24, 2.45) is 0 Å². The number of hydrogen-bond donors (Lipinski definition) is 1. The molecule has 0 radical (unpaired) electrons. The van der Waals surface area contributed by atoms with Gasteiger partial charge in [0.05, 0.1) is 12.6 Å². The van der Waals surface area contributed by atoms with Crippen molar-refractivity contribution >= 4 is 5.91 Å². The molecule has 8 heteroatoms. The highest BCUT2D eigenvalue weighted by atomic mass is 16.3. The van der Waals surface area contributed by atoms with Crippen LogP contribution in [0.4, 0.5) is 0 Å². The van der Waals surface area contributed by atoms with Gasteiger partial charge < -0.3 is 14.6 Å². The summed E-state index contributed by atoms with van der Waals surface area (Å²) in [6.07, 6.45) is 4.65. The fraction of sp³-hybridized carbons (Fsp3) is 0.467. The van der Waals surface area contributed by atoms with Gasteiger partial charge in [0.1, 0.15) is 12.7 Å². The molecule has 0 bridgehead atoms. The van der Waals surface area contributed by atoms with E-state index in [2.05, 4.69) is 10.1 Å². The second-order valence-electron chi connectivity index (χ2n) is 6.18. The molecule has 1 amide bonds. The van der Waals surface area contributed by atoms with Crippen LogP contribution in [0.3, 0.4) is 0 Å². The number of aliphatic hydroxyl groups is 1. The zero-order valence-electron chi connectivity index (χ0n) is 13.1. The number of carbonyl (C=O) groups is 1. The lowest BCUT2D eigenvalue weighted by Crippen LogP contribution is -2.59. The van der Waals surface area contributed by atoms with Gasteiger partial charge in [-0.1, -0.05) is 0 Å². The molecule has 0 spiro atoms. The molecule has 1 N–H and O–H groups in total. The van der Waals surface area contributed by atoms with Crippen molar-refractivity contribution in [2.45, 2.75) is 32.0 Å². The topological polar surface area (TPSA) is 93.2 Å². The number of carbonyl (C=O) groups excluding carboxylic acids is 1. The Morgan fingerprint density at radius 3 is 2.83 bits per heavy atom. The minimum Gasteiger partial charge on any atom is -0.378 e. The summed E-state index contributed by atoms with van der Waals surface area (Å²) < 4.78 is 3.04. The van der Waals surface area contributed by atoms with E-state index in [9.17, 15) is 14.7 Å². The number of aryl methyl sites for hydroxylation is 1. The molecule has 122 valence electrons. The molecule has 2 aromatic rings. The maximum absolute atomic E-state index is 12.5. The molecule has 0 aromatic carbocycles. The third kappa shape index (κ3) is 3.02. The molecule has 23 heavy (non-hydrogen) atoms. The van der Waals surface area contributed by atoms with Gasteiger partial charge in [-0.25, -0.2) is 9.67 Å². The largest absolute Gasteiger partial charge is 0.378 e. The molecule has 1 aliphatic heterocycles. The molecule has 0 saturated carbocycles. The van der Waals surface area contributed by atoms with Gasteiger partial charge in [0, 0.05) is 25.4 Å². The summed E-state index contributed by atoms with van der Waals surface area (Å²) in [6, 6.07) is 3.33. The van der Waals surface area contributed by atoms with Crippen LogP contribution >= 0.6 is 0 Å². The van der Waals surface area contributed by atoms with Gasteiger partial charge >= 0.3 is 0 Å². The van der Waals surface area contributed by atoms with Crippen molar-refractivity contribution in [1.29, 1.82) is 0 Å². The van der Waals surface area contributed by atoms with E-state index in [1.807, 2.05) is 6.92 Å². The predicted molar refractivity (Wildman–Crippen MR) is 81.7 cm³/mol. The summed E-state index contributed by atoms with van der Waals surface area (Å²) in [5.74, 6) is -0.388. The molecule has 1 saturated heterocycles. The Kier molecular flexibility index (Phi) is 3.77. The Balaban J connectivity index is 1.65. The summed E-state index contributed by atoms with van der Waals surface area (Å²) >= 11 is 0. The summed E-state index contributed by atoms with van der Waals surface area (Å²) in [5.41, 5.74) is -1.02. The minimum atomic E-state index is -1.63. The molecular formula is C15H19N5O3. The number of pyridine rings is 1. The van der Waals surface area contributed by atoms with Crippen LogP contribution in [-0.2, 0) is 11.3 Å². The normalized spacial score (nSPS) is 17.6. The molecule has 1 atom stereocenters. The van der Waals surface area contributed by atoms with Crippen molar-refractivity contribution in [3.05, 3.63) is 46.9 Å². The van der Waals surface area contributed by atoms with Crippen LogP contribution in [0.2, 0.25) is 0 Å². The predicted octanol–water partition coefficient (Wildman–Crippen LogP) is -0.417. The SMILES string of the molecule is Cc1ccn(CC(C)(O)C(=O)N2CC(n3cncn3)C2)c(=O)c1. The van der Waals surface area contributed by atoms with Crippen molar-refractivity contribution < 1.29 is 9.90 Å². The molecule has 1 aliphatic rings. The molecule has 3 rings (SSSR count). The van der Waals surface area contributed by atoms with Crippen LogP contribution in [0, 0.1) is 6.92 Å². The molecule has 0 aliphatic carbocycles. The quantitative estimate of drug-likeness (QED) is 0.827. The van der Waals surface area contributed by atoms with Gasteiger partial charge in [0.15, 0.2) is 5.60 Å². The third-order valence-corrected chi connectivity index (χ3v) is 4.05. The van der Waals surface area contributed by atoms with E-state index in [0.29, 0.717) is 13.1 Å². The van der Waals surface area contributed by atoms with Crippen LogP contribution in [0.25, 0.3) is 0 Å². The standard InChI is InChI=1S/C15H19N5O3/c1-11-3-4-18(13(21)5-11)8-15(2,23)14(22)19-6-12(7-19)20-10-16-9-17-20/h3-5,9-10,12,23H,6-8H2,1-2H3. The lowest BCUT2D eigenvalue weighted by molar-refractivity contribution is -0.157. The van der Waals surface area contributed by atoms with Crippen LogP contribution < -0.4 is 5.56 Å². The van der Waals surface area contributed by atoms with E-state index in [-0.39, 0.29) is 24.1 Å². The van der Waals surface area contributed by atoms with E-state index in [4.69, 9.17) is 0 Å². The second-order valence-corrected chi connectivity index (χ2v) is 6.18. The summed E-state index contributed by atoms with van der Waals surface area (Å²) in [5, 5.41) is 14.5. The highest BCUT2D eigenvalue weighted by molar-refractivity contribution is 5.85. The van der Waals surface area contributed by atoms with E-state index in [0.717, 1.165) is 5.56 Å². The first-order valence-corrected chi connectivity index (χ1v) is 7.40. The fourth-order valence-corrected chi connectivity index (χ4v) is 2.67. The van der Waals surface area contributed by atoms with Crippen molar-refractivity contribution in [3.63, 3.8) is 0 Å². The average molecular weight is 317 g/mol. The number of nitrogens with zero attached hydrogens (tertiary/aromatic N) is 5. The van der Waals surface area contributed by atoms with E-state index < -0.39 is 5.60 Å². The summed E-state index contributed by atoms with van der Waals surface area (Å²) in [7, 11) is 0. The Morgan fingerprint density at radius 1 is 1.48 bits per heavy atom. The van der Waals surface area contributed by atoms with Crippen LogP contribution in [-0.4, -0.2) is 53.9 Å². The lowest BCUT2D eigenvalue weighted by atomic mass is 10.0. The maximum Gasteiger partial charge on any atom is 0.256 e. The zero-order chi connectivity index (χ0) is 16.6. The van der Waals surface area contributed by atoms with E-state index in [1.165, 1.54) is 23.9 Å². The van der Waals surface area contributed by atoms with E-state index in [1.54, 1.807) is 28.2 Å². The van der Waals surface area contributed by atoms with Gasteiger partial charge in [0.2, 0.25) is 0 Å². The van der Waals surface area contributed by atoms with Gasteiger partial charge in [-0.15, -0.1) is 0 Å². The Labute approximate surface area is 133 Å². The molecule has 3 heterocycles. The highest BCUT2D eigenvalue weighted by Gasteiger charge is 2.41. The average Bonchev–Trinajstić information content (AvgIpc) is 2.94. The van der Waals surface area contributed by atoms with Crippen LogP contribution in [0.5, 0.6) is 0 Å². The summed E-state index contributed by atoms with van der Waals surface area (Å²) in [4.78, 5) is 29.8. The highest BCUT2D eigenvalue weighted by Crippen LogP contribution is 2.23. The van der Waals surface area contributed by atoms with Gasteiger partial charge in [0.25, 0.3) is 11.5 Å². The zero-order valence-corrected chi connectivity index (χ0v) is 13.1. The fourth-order valence-electron chi connectivity index (χ4n) is 2.67. The van der Waals surface area contributed by atoms with Crippen LogP contribution in [0.1, 0.15) is 18.5 Å². The smallest absolute Gasteiger partial charge is 0.256 e. The number of rotatable bonds is 4. The molecule has 1 unspecified atom stereocenters. The number of hydrogen-bond acceptors (Lipinski definition) is 5. The van der Waals surface area contributed by atoms with Crippen LogP contribution in [0.15, 0.2) is 35.8 Å². The van der Waals surface area contributed by atoms with Crippen molar-refractivity contribution in [3.8, 4) is 0 Å². The van der Waals surface area contributed by atoms with Crippen molar-refractivity contribution in [2.75, 3.05) is 13.1 Å². The Bertz CT molecular complexity index is 760. The van der Waals surface area contributed by atoms with Gasteiger partial charge in [-0.3, -0.25) is 9.59 Å². The Hall–Kier alpha value is -2.48. The number of aromatic nitrogens is 4. The minimum absolute atomic E-state index is 0.0740. The molecular weight excluding hydrogens is 298 g/mol. The lowest BCUT2D eigenvalue weighted by Gasteiger charge is -2.42. The number of likely N-dealkylation sites (tertiary alicyclic amines) is 1. The summed E-state index contributed by atoms with van der Waals surface area (Å²) in [6.45, 7) is 4.13. The van der Waals surface area contributed by atoms with Gasteiger partial charge in [-0.05, 0) is 25.5 Å². The number of amides is 1. The van der Waals surface area contributed by atoms with Gasteiger partial charge in [-0.2, -0.15) is 5.10 Å². The van der Waals surface area contributed by atoms with E-state index >= 15 is 0 Å². The first kappa shape index (κ1) is 15.4. The molecule has 1 fully saturated rings. The first-order chi connectivity index (χ1) is 10.9.